The zero-order valence-corrected chi connectivity index (χ0v) is 15.2. The monoisotopic (exact) mass is 336 g/mol. The van der Waals surface area contributed by atoms with Crippen LogP contribution in [0.4, 0.5) is 0 Å². The minimum Gasteiger partial charge on any atom is -0.469 e. The molecule has 1 aliphatic carbocycles. The third-order valence-corrected chi connectivity index (χ3v) is 5.67. The van der Waals surface area contributed by atoms with Crippen LogP contribution in [0.5, 0.6) is 0 Å². The van der Waals surface area contributed by atoms with Crippen molar-refractivity contribution in [1.29, 1.82) is 0 Å². The molecule has 132 valence electrons. The van der Waals surface area contributed by atoms with Crippen LogP contribution in [0, 0.1) is 5.41 Å². The smallest absolute Gasteiger partial charge is 0.306 e. The highest BCUT2D eigenvalue weighted by Crippen LogP contribution is 2.43. The molecule has 0 spiro atoms. The Hall–Kier alpha value is -2.09. The van der Waals surface area contributed by atoms with Crippen molar-refractivity contribution in [3.63, 3.8) is 0 Å². The van der Waals surface area contributed by atoms with E-state index in [1.807, 2.05) is 6.07 Å². The third-order valence-electron chi connectivity index (χ3n) is 5.67. The maximum atomic E-state index is 11.9. The van der Waals surface area contributed by atoms with Gasteiger partial charge >= 0.3 is 5.97 Å². The fraction of sp³-hybridized carbons (Fsp3) is 0.435. The van der Waals surface area contributed by atoms with Crippen LogP contribution in [0.15, 0.2) is 54.6 Å². The van der Waals surface area contributed by atoms with Gasteiger partial charge < -0.3 is 4.74 Å². The third kappa shape index (κ3) is 4.72. The second-order valence-corrected chi connectivity index (χ2v) is 7.38. The van der Waals surface area contributed by atoms with Crippen LogP contribution < -0.4 is 0 Å². The van der Waals surface area contributed by atoms with Crippen LogP contribution in [0.25, 0.3) is 11.1 Å². The van der Waals surface area contributed by atoms with Gasteiger partial charge in [-0.25, -0.2) is 0 Å². The number of carbonyl (C=O) groups is 1. The van der Waals surface area contributed by atoms with E-state index in [0.717, 1.165) is 25.7 Å². The van der Waals surface area contributed by atoms with Crippen LogP contribution in [0.3, 0.4) is 0 Å². The Balaban J connectivity index is 1.65. The molecule has 1 aliphatic rings. The van der Waals surface area contributed by atoms with Crippen molar-refractivity contribution in [2.75, 3.05) is 7.11 Å². The van der Waals surface area contributed by atoms with Gasteiger partial charge in [-0.2, -0.15) is 0 Å². The molecule has 0 bridgehead atoms. The highest BCUT2D eigenvalue weighted by Gasteiger charge is 2.34. The first-order chi connectivity index (χ1) is 12.2. The summed E-state index contributed by atoms with van der Waals surface area (Å²) in [5.41, 5.74) is 4.01. The summed E-state index contributed by atoms with van der Waals surface area (Å²) in [5.74, 6) is -0.0543. The number of ether oxygens (including phenoxy) is 1. The topological polar surface area (TPSA) is 26.3 Å². The molecule has 0 amide bonds. The van der Waals surface area contributed by atoms with Gasteiger partial charge in [0.15, 0.2) is 0 Å². The highest BCUT2D eigenvalue weighted by molar-refractivity contribution is 5.70. The van der Waals surface area contributed by atoms with Crippen molar-refractivity contribution in [2.45, 2.75) is 51.4 Å². The standard InChI is InChI=1S/C23H28O2/c1-25-22(24)18-23(15-6-3-7-16-23)17-14-19-10-12-21(13-11-19)20-8-4-2-5-9-20/h2,4-5,8-13H,3,6-7,14-18H2,1H3. The summed E-state index contributed by atoms with van der Waals surface area (Å²) >= 11 is 0. The second-order valence-electron chi connectivity index (χ2n) is 7.38. The van der Waals surface area contributed by atoms with Gasteiger partial charge in [-0.3, -0.25) is 4.79 Å². The van der Waals surface area contributed by atoms with Gasteiger partial charge in [0.1, 0.15) is 0 Å². The molecule has 0 N–H and O–H groups in total. The average Bonchev–Trinajstić information content (AvgIpc) is 2.68. The first-order valence-electron chi connectivity index (χ1n) is 9.42. The maximum Gasteiger partial charge on any atom is 0.306 e. The lowest BCUT2D eigenvalue weighted by Crippen LogP contribution is -2.28. The Bertz CT molecular complexity index is 667. The van der Waals surface area contributed by atoms with Crippen molar-refractivity contribution in [3.8, 4) is 11.1 Å². The van der Waals surface area contributed by atoms with Gasteiger partial charge in [-0.15, -0.1) is 0 Å². The maximum absolute atomic E-state index is 11.9. The largest absolute Gasteiger partial charge is 0.469 e. The van der Waals surface area contributed by atoms with E-state index in [9.17, 15) is 4.79 Å². The SMILES string of the molecule is COC(=O)CC1(CCc2ccc(-c3ccccc3)cc2)CCCCC1. The molecule has 2 aromatic carbocycles. The Morgan fingerprint density at radius 1 is 0.920 bits per heavy atom. The van der Waals surface area contributed by atoms with Gasteiger partial charge in [0.25, 0.3) is 0 Å². The fourth-order valence-corrected chi connectivity index (χ4v) is 4.10. The van der Waals surface area contributed by atoms with Crippen LogP contribution in [0.2, 0.25) is 0 Å². The summed E-state index contributed by atoms with van der Waals surface area (Å²) in [6.45, 7) is 0. The van der Waals surface area contributed by atoms with Gasteiger partial charge in [-0.1, -0.05) is 73.9 Å². The number of benzene rings is 2. The molecule has 0 radical (unpaired) electrons. The van der Waals surface area contributed by atoms with Crippen LogP contribution in [-0.4, -0.2) is 13.1 Å². The van der Waals surface area contributed by atoms with Gasteiger partial charge in [0, 0.05) is 0 Å². The van der Waals surface area contributed by atoms with Crippen molar-refractivity contribution >= 4 is 5.97 Å². The number of carbonyl (C=O) groups excluding carboxylic acids is 1. The van der Waals surface area contributed by atoms with Gasteiger partial charge in [-0.05, 0) is 47.8 Å². The minimum absolute atomic E-state index is 0.0543. The van der Waals surface area contributed by atoms with Crippen molar-refractivity contribution < 1.29 is 9.53 Å². The van der Waals surface area contributed by atoms with E-state index >= 15 is 0 Å². The molecular weight excluding hydrogens is 308 g/mol. The van der Waals surface area contributed by atoms with Crippen LogP contribution in [0.1, 0.15) is 50.5 Å². The summed E-state index contributed by atoms with van der Waals surface area (Å²) in [7, 11) is 1.50. The van der Waals surface area contributed by atoms with E-state index in [1.54, 1.807) is 0 Å². The quantitative estimate of drug-likeness (QED) is 0.623. The molecule has 0 atom stereocenters. The van der Waals surface area contributed by atoms with Crippen LogP contribution >= 0.6 is 0 Å². The lowest BCUT2D eigenvalue weighted by Gasteiger charge is -2.36. The van der Waals surface area contributed by atoms with Gasteiger partial charge in [0.2, 0.25) is 0 Å². The zero-order valence-electron chi connectivity index (χ0n) is 15.2. The zero-order chi connectivity index (χ0) is 17.5. The van der Waals surface area contributed by atoms with E-state index in [0.29, 0.717) is 6.42 Å². The predicted molar refractivity (Wildman–Crippen MR) is 102 cm³/mol. The number of methoxy groups -OCH3 is 1. The van der Waals surface area contributed by atoms with Crippen molar-refractivity contribution in [1.82, 2.24) is 0 Å². The number of rotatable bonds is 6. The average molecular weight is 336 g/mol. The summed E-state index contributed by atoms with van der Waals surface area (Å²) in [5, 5.41) is 0. The van der Waals surface area contributed by atoms with E-state index in [1.165, 1.54) is 43.1 Å². The number of aryl methyl sites for hydroxylation is 1. The summed E-state index contributed by atoms with van der Waals surface area (Å²) in [4.78, 5) is 11.9. The van der Waals surface area contributed by atoms with E-state index in [-0.39, 0.29) is 11.4 Å². The molecule has 2 nitrogen and oxygen atoms in total. The lowest BCUT2D eigenvalue weighted by molar-refractivity contribution is -0.144. The molecular formula is C23H28O2. The molecule has 0 aromatic heterocycles. The molecule has 25 heavy (non-hydrogen) atoms. The Morgan fingerprint density at radius 3 is 2.20 bits per heavy atom. The first kappa shape index (κ1) is 17.7. The molecule has 3 rings (SSSR count). The van der Waals surface area contributed by atoms with E-state index < -0.39 is 0 Å². The van der Waals surface area contributed by atoms with E-state index in [2.05, 4.69) is 48.5 Å². The Morgan fingerprint density at radius 2 is 1.56 bits per heavy atom. The van der Waals surface area contributed by atoms with Crippen molar-refractivity contribution in [3.05, 3.63) is 60.2 Å². The van der Waals surface area contributed by atoms with Gasteiger partial charge in [0.05, 0.1) is 13.5 Å². The molecule has 0 heterocycles. The molecule has 1 fully saturated rings. The predicted octanol–water partition coefficient (Wildman–Crippen LogP) is 5.80. The summed E-state index contributed by atoms with van der Waals surface area (Å²) < 4.78 is 4.96. The van der Waals surface area contributed by atoms with Crippen LogP contribution in [-0.2, 0) is 16.0 Å². The fourth-order valence-electron chi connectivity index (χ4n) is 4.10. The molecule has 0 unspecified atom stereocenters. The molecule has 0 aliphatic heterocycles. The molecule has 0 saturated heterocycles. The minimum atomic E-state index is -0.0543. The summed E-state index contributed by atoms with van der Waals surface area (Å²) in [6, 6.07) is 19.4. The Labute approximate surface area is 151 Å². The summed E-state index contributed by atoms with van der Waals surface area (Å²) in [6.07, 6.45) is 8.78. The second kappa shape index (κ2) is 8.33. The number of hydrogen-bond acceptors (Lipinski definition) is 2. The first-order valence-corrected chi connectivity index (χ1v) is 9.42. The number of hydrogen-bond donors (Lipinski definition) is 0. The highest BCUT2D eigenvalue weighted by atomic mass is 16.5. The normalized spacial score (nSPS) is 16.4. The lowest BCUT2D eigenvalue weighted by atomic mass is 9.68. The Kier molecular flexibility index (Phi) is 5.91. The molecule has 2 aromatic rings. The molecule has 1 saturated carbocycles. The van der Waals surface area contributed by atoms with Crippen molar-refractivity contribution in [2.24, 2.45) is 5.41 Å². The van der Waals surface area contributed by atoms with E-state index in [4.69, 9.17) is 4.74 Å². The number of esters is 1. The molecule has 2 heteroatoms.